The third kappa shape index (κ3) is 3.90. The third-order valence-corrected chi connectivity index (χ3v) is 3.40. The zero-order chi connectivity index (χ0) is 17.5. The molecule has 0 aliphatic heterocycles. The first kappa shape index (κ1) is 17.9. The van der Waals surface area contributed by atoms with Crippen LogP contribution < -0.4 is 10.5 Å². The second kappa shape index (κ2) is 8.42. The van der Waals surface area contributed by atoms with Gasteiger partial charge in [0.2, 0.25) is 0 Å². The van der Waals surface area contributed by atoms with E-state index in [1.165, 1.54) is 12.1 Å². The fourth-order valence-corrected chi connectivity index (χ4v) is 2.34. The van der Waals surface area contributed by atoms with Crippen molar-refractivity contribution in [1.82, 2.24) is 9.78 Å². The van der Waals surface area contributed by atoms with E-state index in [4.69, 9.17) is 15.6 Å². The molecule has 0 bridgehead atoms. The van der Waals surface area contributed by atoms with Crippen molar-refractivity contribution in [1.29, 1.82) is 0 Å². The molecule has 128 valence electrons. The molecule has 3 aromatic rings. The van der Waals surface area contributed by atoms with Crippen molar-refractivity contribution in [2.24, 2.45) is 5.73 Å². The number of hydrogen-bond donors (Lipinski definition) is 2. The molecule has 24 heavy (non-hydrogen) atoms. The average Bonchev–Trinajstić information content (AvgIpc) is 3.01. The van der Waals surface area contributed by atoms with Crippen molar-refractivity contribution in [2.45, 2.75) is 26.9 Å². The summed E-state index contributed by atoms with van der Waals surface area (Å²) in [6.45, 7) is 4.67. The Morgan fingerprint density at radius 1 is 1.21 bits per heavy atom. The monoisotopic (exact) mass is 331 g/mol. The van der Waals surface area contributed by atoms with Crippen LogP contribution in [0, 0.1) is 5.82 Å². The number of aliphatic hydroxyl groups is 1. The maximum Gasteiger partial charge on any atom is 0.132 e. The van der Waals surface area contributed by atoms with E-state index in [-0.39, 0.29) is 19.0 Å². The Bertz CT molecular complexity index is 802. The Balaban J connectivity index is 0.00000100. The SMILES string of the molecule is CC.NCc1cc(F)ccc1Oc1ccc2c(cnn2CCO)c1. The number of ether oxygens (including phenoxy) is 1. The van der Waals surface area contributed by atoms with Crippen LogP contribution >= 0.6 is 0 Å². The number of nitrogens with two attached hydrogens (primary N) is 1. The lowest BCUT2D eigenvalue weighted by atomic mass is 10.2. The lowest BCUT2D eigenvalue weighted by Gasteiger charge is -2.10. The molecule has 0 aliphatic carbocycles. The summed E-state index contributed by atoms with van der Waals surface area (Å²) in [6.07, 6.45) is 1.71. The summed E-state index contributed by atoms with van der Waals surface area (Å²) in [6, 6.07) is 9.80. The molecule has 1 aromatic heterocycles. The van der Waals surface area contributed by atoms with Gasteiger partial charge in [-0.15, -0.1) is 0 Å². The zero-order valence-electron chi connectivity index (χ0n) is 13.9. The first-order chi connectivity index (χ1) is 11.7. The predicted molar refractivity (Wildman–Crippen MR) is 92.5 cm³/mol. The Hall–Kier alpha value is -2.44. The highest BCUT2D eigenvalue weighted by atomic mass is 19.1. The fraction of sp³-hybridized carbons (Fsp3) is 0.278. The van der Waals surface area contributed by atoms with Gasteiger partial charge >= 0.3 is 0 Å². The molecule has 3 N–H and O–H groups in total. The maximum absolute atomic E-state index is 13.2. The van der Waals surface area contributed by atoms with Gasteiger partial charge in [-0.3, -0.25) is 4.68 Å². The number of nitrogens with zero attached hydrogens (tertiary/aromatic N) is 2. The second-order valence-electron chi connectivity index (χ2n) is 4.87. The largest absolute Gasteiger partial charge is 0.457 e. The van der Waals surface area contributed by atoms with Crippen LogP contribution in [0.2, 0.25) is 0 Å². The first-order valence-corrected chi connectivity index (χ1v) is 7.94. The lowest BCUT2D eigenvalue weighted by molar-refractivity contribution is 0.271. The summed E-state index contributed by atoms with van der Waals surface area (Å²) < 4.78 is 20.7. The Morgan fingerprint density at radius 3 is 2.71 bits per heavy atom. The summed E-state index contributed by atoms with van der Waals surface area (Å²) in [7, 11) is 0. The van der Waals surface area contributed by atoms with E-state index in [1.807, 2.05) is 32.0 Å². The summed E-state index contributed by atoms with van der Waals surface area (Å²) in [5.41, 5.74) is 7.14. The van der Waals surface area contributed by atoms with Gasteiger partial charge in [-0.2, -0.15) is 5.10 Å². The normalized spacial score (nSPS) is 10.4. The van der Waals surface area contributed by atoms with Crippen LogP contribution in [-0.2, 0) is 13.1 Å². The highest BCUT2D eigenvalue weighted by Crippen LogP contribution is 2.28. The molecule has 0 radical (unpaired) electrons. The summed E-state index contributed by atoms with van der Waals surface area (Å²) in [5, 5.41) is 14.1. The lowest BCUT2D eigenvalue weighted by Crippen LogP contribution is -2.03. The second-order valence-corrected chi connectivity index (χ2v) is 4.87. The molecule has 0 saturated heterocycles. The Kier molecular flexibility index (Phi) is 6.28. The van der Waals surface area contributed by atoms with Crippen molar-refractivity contribution in [2.75, 3.05) is 6.61 Å². The van der Waals surface area contributed by atoms with Crippen molar-refractivity contribution >= 4 is 10.9 Å². The Labute approximate surface area is 140 Å². The van der Waals surface area contributed by atoms with Crippen LogP contribution in [0.15, 0.2) is 42.6 Å². The molecule has 2 aromatic carbocycles. The number of aromatic nitrogens is 2. The van der Waals surface area contributed by atoms with Crippen LogP contribution in [0.3, 0.4) is 0 Å². The standard InChI is InChI=1S/C16H16FN3O2.C2H6/c17-13-1-4-16(11(7-13)9-18)22-14-2-3-15-12(8-14)10-19-20(15)5-6-21;1-2/h1-4,7-8,10,21H,5-6,9,18H2;1-2H3. The average molecular weight is 331 g/mol. The summed E-state index contributed by atoms with van der Waals surface area (Å²) in [5.74, 6) is 0.817. The van der Waals surface area contributed by atoms with Gasteiger partial charge in [0.15, 0.2) is 0 Å². The molecule has 0 atom stereocenters. The van der Waals surface area contributed by atoms with Gasteiger partial charge in [0.05, 0.1) is 24.9 Å². The van der Waals surface area contributed by atoms with E-state index in [1.54, 1.807) is 16.9 Å². The minimum Gasteiger partial charge on any atom is -0.457 e. The van der Waals surface area contributed by atoms with Gasteiger partial charge in [0.1, 0.15) is 17.3 Å². The predicted octanol–water partition coefficient (Wildman–Crippen LogP) is 3.44. The molecule has 5 nitrogen and oxygen atoms in total. The van der Waals surface area contributed by atoms with Gasteiger partial charge < -0.3 is 15.6 Å². The molecule has 0 unspecified atom stereocenters. The smallest absolute Gasteiger partial charge is 0.132 e. The first-order valence-electron chi connectivity index (χ1n) is 7.94. The van der Waals surface area contributed by atoms with Crippen LogP contribution in [0.25, 0.3) is 10.9 Å². The minimum atomic E-state index is -0.339. The number of rotatable bonds is 5. The number of fused-ring (bicyclic) bond motifs is 1. The van der Waals surface area contributed by atoms with E-state index in [2.05, 4.69) is 5.10 Å². The molecule has 3 rings (SSSR count). The van der Waals surface area contributed by atoms with E-state index in [0.717, 1.165) is 10.9 Å². The summed E-state index contributed by atoms with van der Waals surface area (Å²) in [4.78, 5) is 0. The van der Waals surface area contributed by atoms with Gasteiger partial charge in [0, 0.05) is 17.5 Å². The number of aliphatic hydroxyl groups excluding tert-OH is 1. The van der Waals surface area contributed by atoms with Gasteiger partial charge in [-0.25, -0.2) is 4.39 Å². The number of halogens is 1. The van der Waals surface area contributed by atoms with E-state index in [0.29, 0.717) is 23.6 Å². The van der Waals surface area contributed by atoms with Crippen molar-refractivity contribution in [3.63, 3.8) is 0 Å². The van der Waals surface area contributed by atoms with Crippen molar-refractivity contribution < 1.29 is 14.2 Å². The molecular weight excluding hydrogens is 309 g/mol. The molecule has 6 heteroatoms. The van der Waals surface area contributed by atoms with Gasteiger partial charge in [0.25, 0.3) is 0 Å². The quantitative estimate of drug-likeness (QED) is 0.751. The zero-order valence-corrected chi connectivity index (χ0v) is 13.9. The molecule has 0 amide bonds. The van der Waals surface area contributed by atoms with Gasteiger partial charge in [-0.05, 0) is 36.4 Å². The van der Waals surface area contributed by atoms with E-state index >= 15 is 0 Å². The van der Waals surface area contributed by atoms with Crippen molar-refractivity contribution in [3.05, 3.63) is 54.0 Å². The highest BCUT2D eigenvalue weighted by Gasteiger charge is 2.08. The van der Waals surface area contributed by atoms with Crippen molar-refractivity contribution in [3.8, 4) is 11.5 Å². The molecule has 0 saturated carbocycles. The third-order valence-electron chi connectivity index (χ3n) is 3.40. The van der Waals surface area contributed by atoms with Crippen LogP contribution in [0.5, 0.6) is 11.5 Å². The molecule has 0 spiro atoms. The van der Waals surface area contributed by atoms with Crippen LogP contribution in [0.4, 0.5) is 4.39 Å². The maximum atomic E-state index is 13.2. The fourth-order valence-electron chi connectivity index (χ4n) is 2.34. The van der Waals surface area contributed by atoms with Gasteiger partial charge in [-0.1, -0.05) is 13.8 Å². The molecule has 0 aliphatic rings. The molecular formula is C18H22FN3O2. The summed E-state index contributed by atoms with van der Waals surface area (Å²) >= 11 is 0. The number of hydrogen-bond acceptors (Lipinski definition) is 4. The number of benzene rings is 2. The van der Waals surface area contributed by atoms with Crippen LogP contribution in [-0.4, -0.2) is 21.5 Å². The topological polar surface area (TPSA) is 73.3 Å². The van der Waals surface area contributed by atoms with E-state index in [9.17, 15) is 4.39 Å². The molecule has 1 heterocycles. The molecule has 0 fully saturated rings. The minimum absolute atomic E-state index is 0.0322. The highest BCUT2D eigenvalue weighted by molar-refractivity contribution is 5.80. The van der Waals surface area contributed by atoms with E-state index < -0.39 is 0 Å². The van der Waals surface area contributed by atoms with Crippen LogP contribution in [0.1, 0.15) is 19.4 Å². The Morgan fingerprint density at radius 2 is 2.00 bits per heavy atom.